The molecule has 5 heteroatoms. The first-order valence-corrected chi connectivity index (χ1v) is 6.54. The summed E-state index contributed by atoms with van der Waals surface area (Å²) in [5.41, 5.74) is 6.42. The molecule has 1 unspecified atom stereocenters. The van der Waals surface area contributed by atoms with Crippen molar-refractivity contribution >= 4 is 22.8 Å². The summed E-state index contributed by atoms with van der Waals surface area (Å²) < 4.78 is 0. The van der Waals surface area contributed by atoms with E-state index < -0.39 is 0 Å². The first-order valence-electron chi connectivity index (χ1n) is 5.66. The summed E-state index contributed by atoms with van der Waals surface area (Å²) in [4.78, 5) is 9.37. The lowest BCUT2D eigenvalue weighted by atomic mass is 10.1. The van der Waals surface area contributed by atoms with Crippen LogP contribution in [0.1, 0.15) is 30.7 Å². The monoisotopic (exact) mass is 248 g/mol. The fraction of sp³-hybridized carbons (Fsp3) is 0.333. The first-order chi connectivity index (χ1) is 8.31. The molecule has 0 radical (unpaired) electrons. The van der Waals surface area contributed by atoms with E-state index in [-0.39, 0.29) is 6.04 Å². The molecule has 3 N–H and O–H groups in total. The largest absolute Gasteiger partial charge is 0.394 e. The Morgan fingerprint density at radius 3 is 3.06 bits per heavy atom. The van der Waals surface area contributed by atoms with Crippen LogP contribution in [-0.4, -0.2) is 9.97 Å². The van der Waals surface area contributed by atoms with Crippen LogP contribution in [0.15, 0.2) is 30.0 Å². The van der Waals surface area contributed by atoms with Gasteiger partial charge in [0.25, 0.3) is 0 Å². The van der Waals surface area contributed by atoms with Crippen LogP contribution in [0.2, 0.25) is 0 Å². The van der Waals surface area contributed by atoms with E-state index in [1.807, 2.05) is 0 Å². The first kappa shape index (κ1) is 11.9. The Balaban J connectivity index is 2.16. The molecule has 0 bridgehead atoms. The summed E-state index contributed by atoms with van der Waals surface area (Å²) in [5, 5.41) is 5.47. The Bertz CT molecular complexity index is 455. The zero-order valence-electron chi connectivity index (χ0n) is 9.76. The number of rotatable bonds is 5. The Labute approximate surface area is 105 Å². The molecule has 17 heavy (non-hydrogen) atoms. The predicted octanol–water partition coefficient (Wildman–Crippen LogP) is 3.07. The second-order valence-electron chi connectivity index (χ2n) is 3.83. The highest BCUT2D eigenvalue weighted by Gasteiger charge is 2.13. The fourth-order valence-corrected chi connectivity index (χ4v) is 2.50. The molecule has 0 aliphatic heterocycles. The molecule has 2 aromatic rings. The zero-order valence-corrected chi connectivity index (χ0v) is 10.6. The van der Waals surface area contributed by atoms with Gasteiger partial charge in [-0.3, -0.25) is 0 Å². The summed E-state index contributed by atoms with van der Waals surface area (Å²) in [6.45, 7) is 2.17. The highest BCUT2D eigenvalue weighted by atomic mass is 32.1. The van der Waals surface area contributed by atoms with Crippen LogP contribution in [-0.2, 0) is 0 Å². The molecule has 0 aliphatic rings. The molecular weight excluding hydrogens is 232 g/mol. The molecule has 0 saturated carbocycles. The summed E-state index contributed by atoms with van der Waals surface area (Å²) in [5.74, 6) is 0.715. The maximum atomic E-state index is 5.83. The highest BCUT2D eigenvalue weighted by Crippen LogP contribution is 2.28. The van der Waals surface area contributed by atoms with E-state index in [0.29, 0.717) is 11.5 Å². The Hall–Kier alpha value is -1.62. The average Bonchev–Trinajstić information content (AvgIpc) is 2.85. The number of nitrogens with zero attached hydrogens (tertiary/aromatic N) is 2. The van der Waals surface area contributed by atoms with Crippen LogP contribution in [0.25, 0.3) is 0 Å². The van der Waals surface area contributed by atoms with Gasteiger partial charge in [-0.2, -0.15) is 0 Å². The molecule has 2 heterocycles. The van der Waals surface area contributed by atoms with Gasteiger partial charge in [0.05, 0.1) is 17.9 Å². The smallest absolute Gasteiger partial charge is 0.153 e. The SMILES string of the molecule is CCCC(Nc1ncncc1N)c1cccs1. The van der Waals surface area contributed by atoms with Gasteiger partial charge in [-0.25, -0.2) is 9.97 Å². The number of hydrogen-bond donors (Lipinski definition) is 2. The minimum atomic E-state index is 0.275. The van der Waals surface area contributed by atoms with Crippen LogP contribution in [0, 0.1) is 0 Å². The van der Waals surface area contributed by atoms with Crippen LogP contribution in [0.5, 0.6) is 0 Å². The van der Waals surface area contributed by atoms with Crippen molar-refractivity contribution in [3.05, 3.63) is 34.9 Å². The maximum absolute atomic E-state index is 5.83. The third-order valence-electron chi connectivity index (χ3n) is 2.52. The quantitative estimate of drug-likeness (QED) is 0.853. The van der Waals surface area contributed by atoms with Gasteiger partial charge in [0.15, 0.2) is 5.82 Å². The lowest BCUT2D eigenvalue weighted by Crippen LogP contribution is -2.12. The van der Waals surface area contributed by atoms with Crippen molar-refractivity contribution in [2.75, 3.05) is 11.1 Å². The van der Waals surface area contributed by atoms with Crippen LogP contribution in [0.3, 0.4) is 0 Å². The van der Waals surface area contributed by atoms with E-state index in [1.165, 1.54) is 11.2 Å². The molecule has 0 fully saturated rings. The van der Waals surface area contributed by atoms with Gasteiger partial charge < -0.3 is 11.1 Å². The van der Waals surface area contributed by atoms with Gasteiger partial charge in [0.2, 0.25) is 0 Å². The molecule has 90 valence electrons. The Morgan fingerprint density at radius 2 is 2.41 bits per heavy atom. The van der Waals surface area contributed by atoms with Gasteiger partial charge in [0.1, 0.15) is 6.33 Å². The third kappa shape index (κ3) is 2.94. The molecule has 1 atom stereocenters. The number of nitrogens with one attached hydrogen (secondary N) is 1. The van der Waals surface area contributed by atoms with Crippen LogP contribution >= 0.6 is 11.3 Å². The van der Waals surface area contributed by atoms with Gasteiger partial charge in [0, 0.05) is 4.88 Å². The minimum absolute atomic E-state index is 0.275. The minimum Gasteiger partial charge on any atom is -0.394 e. The topological polar surface area (TPSA) is 63.8 Å². The molecule has 0 aliphatic carbocycles. The highest BCUT2D eigenvalue weighted by molar-refractivity contribution is 7.10. The molecular formula is C12H16N4S. The van der Waals surface area contributed by atoms with Gasteiger partial charge in [-0.1, -0.05) is 19.4 Å². The van der Waals surface area contributed by atoms with Gasteiger partial charge in [-0.15, -0.1) is 11.3 Å². The molecule has 2 rings (SSSR count). The standard InChI is InChI=1S/C12H16N4S/c1-2-4-10(11-5-3-6-17-11)16-12-9(13)7-14-8-15-12/h3,5-8,10H,2,4,13H2,1H3,(H,14,15,16). The fourth-order valence-electron chi connectivity index (χ4n) is 1.69. The molecule has 4 nitrogen and oxygen atoms in total. The van der Waals surface area contributed by atoms with Crippen molar-refractivity contribution in [1.82, 2.24) is 9.97 Å². The second-order valence-corrected chi connectivity index (χ2v) is 4.81. The van der Waals surface area contributed by atoms with Crippen LogP contribution < -0.4 is 11.1 Å². The van der Waals surface area contributed by atoms with E-state index in [1.54, 1.807) is 17.5 Å². The van der Waals surface area contributed by atoms with Crippen molar-refractivity contribution in [3.8, 4) is 0 Å². The number of hydrogen-bond acceptors (Lipinski definition) is 5. The van der Waals surface area contributed by atoms with Crippen molar-refractivity contribution < 1.29 is 0 Å². The van der Waals surface area contributed by atoms with Crippen LogP contribution in [0.4, 0.5) is 11.5 Å². The number of aromatic nitrogens is 2. The number of thiophene rings is 1. The summed E-state index contributed by atoms with van der Waals surface area (Å²) >= 11 is 1.75. The van der Waals surface area contributed by atoms with Gasteiger partial charge >= 0.3 is 0 Å². The Kier molecular flexibility index (Phi) is 3.93. The van der Waals surface area contributed by atoms with Crippen molar-refractivity contribution in [3.63, 3.8) is 0 Å². The molecule has 0 spiro atoms. The van der Waals surface area contributed by atoms with Crippen molar-refractivity contribution in [2.24, 2.45) is 0 Å². The molecule has 0 amide bonds. The van der Waals surface area contributed by atoms with E-state index in [0.717, 1.165) is 12.8 Å². The Morgan fingerprint density at radius 1 is 1.53 bits per heavy atom. The average molecular weight is 248 g/mol. The second kappa shape index (κ2) is 5.63. The van der Waals surface area contributed by atoms with Crippen molar-refractivity contribution in [2.45, 2.75) is 25.8 Å². The summed E-state index contributed by atoms with van der Waals surface area (Å²) in [6, 6.07) is 4.47. The molecule has 2 aromatic heterocycles. The number of nitrogen functional groups attached to an aromatic ring is 1. The number of nitrogens with two attached hydrogens (primary N) is 1. The summed E-state index contributed by atoms with van der Waals surface area (Å²) in [6.07, 6.45) is 5.30. The van der Waals surface area contributed by atoms with E-state index in [9.17, 15) is 0 Å². The molecule has 0 saturated heterocycles. The lowest BCUT2D eigenvalue weighted by Gasteiger charge is -2.18. The maximum Gasteiger partial charge on any atom is 0.153 e. The molecule has 0 aromatic carbocycles. The van der Waals surface area contributed by atoms with Crippen molar-refractivity contribution in [1.29, 1.82) is 0 Å². The lowest BCUT2D eigenvalue weighted by molar-refractivity contribution is 0.684. The van der Waals surface area contributed by atoms with E-state index in [4.69, 9.17) is 5.73 Å². The zero-order chi connectivity index (χ0) is 12.1. The van der Waals surface area contributed by atoms with Gasteiger partial charge in [-0.05, 0) is 17.9 Å². The van der Waals surface area contributed by atoms with E-state index >= 15 is 0 Å². The van der Waals surface area contributed by atoms with E-state index in [2.05, 4.69) is 39.7 Å². The normalized spacial score (nSPS) is 12.3. The number of anilines is 2. The predicted molar refractivity (Wildman–Crippen MR) is 72.0 cm³/mol. The third-order valence-corrected chi connectivity index (χ3v) is 3.50. The summed E-state index contributed by atoms with van der Waals surface area (Å²) in [7, 11) is 0.